The molecule has 2 aromatic rings. The van der Waals surface area contributed by atoms with Crippen molar-refractivity contribution >= 4 is 29.1 Å². The molecule has 146 valence electrons. The van der Waals surface area contributed by atoms with Gasteiger partial charge in [-0.2, -0.15) is 18.3 Å². The van der Waals surface area contributed by atoms with Crippen molar-refractivity contribution in [3.8, 4) is 0 Å². The molecule has 3 rings (SSSR count). The Balaban J connectivity index is 1.46. The smallest absolute Gasteiger partial charge is 0.356 e. The van der Waals surface area contributed by atoms with Gasteiger partial charge in [0.2, 0.25) is 5.91 Å². The van der Waals surface area contributed by atoms with E-state index < -0.39 is 11.9 Å². The Kier molecular flexibility index (Phi) is 5.72. The zero-order valence-corrected chi connectivity index (χ0v) is 16.0. The van der Waals surface area contributed by atoms with Crippen molar-refractivity contribution in [2.45, 2.75) is 38.4 Å². The molecule has 0 spiro atoms. The summed E-state index contributed by atoms with van der Waals surface area (Å²) in [6.07, 6.45) is -3.33. The molecule has 1 heterocycles. The van der Waals surface area contributed by atoms with Gasteiger partial charge in [0.1, 0.15) is 0 Å². The largest absolute Gasteiger partial charge is 0.436 e. The third-order valence-corrected chi connectivity index (χ3v) is 5.38. The molecule has 1 aliphatic carbocycles. The van der Waals surface area contributed by atoms with Gasteiger partial charge in [0.05, 0.1) is 10.7 Å². The predicted molar refractivity (Wildman–Crippen MR) is 96.9 cm³/mol. The molecule has 9 heteroatoms. The summed E-state index contributed by atoms with van der Waals surface area (Å²) in [6.45, 7) is 2.10. The molecule has 2 unspecified atom stereocenters. The van der Waals surface area contributed by atoms with Gasteiger partial charge in [0.15, 0.2) is 5.69 Å². The van der Waals surface area contributed by atoms with E-state index in [-0.39, 0.29) is 35.0 Å². The van der Waals surface area contributed by atoms with Crippen LogP contribution in [0.2, 0.25) is 10.0 Å². The minimum absolute atomic E-state index is 0.0406. The standard InChI is InChI=1S/C18H18Cl2F3N3O/c1-10-15(20)16(18(21,22)23)25-26(10)8-2-7-24-17(27)14-9-13(14)11-3-5-12(19)6-4-11/h3-6,13-14H,2,7-9H2,1H3,(H,24,27). The first-order chi connectivity index (χ1) is 12.7. The number of hydrogen-bond donors (Lipinski definition) is 1. The number of rotatable bonds is 6. The summed E-state index contributed by atoms with van der Waals surface area (Å²) in [5, 5.41) is 6.65. The van der Waals surface area contributed by atoms with E-state index in [0.29, 0.717) is 18.0 Å². The van der Waals surface area contributed by atoms with Crippen LogP contribution in [0.15, 0.2) is 24.3 Å². The summed E-state index contributed by atoms with van der Waals surface area (Å²) in [5.74, 6) is 0.0915. The molecule has 1 aromatic carbocycles. The third kappa shape index (κ3) is 4.58. The Labute approximate surface area is 164 Å². The third-order valence-electron chi connectivity index (χ3n) is 4.67. The first-order valence-corrected chi connectivity index (χ1v) is 9.27. The fraction of sp³-hybridized carbons (Fsp3) is 0.444. The summed E-state index contributed by atoms with van der Waals surface area (Å²) in [7, 11) is 0. The fourth-order valence-electron chi connectivity index (χ4n) is 3.06. The molecule has 27 heavy (non-hydrogen) atoms. The zero-order valence-electron chi connectivity index (χ0n) is 14.5. The van der Waals surface area contributed by atoms with E-state index in [1.165, 1.54) is 11.6 Å². The van der Waals surface area contributed by atoms with Crippen LogP contribution in [-0.2, 0) is 17.5 Å². The van der Waals surface area contributed by atoms with E-state index in [2.05, 4.69) is 10.4 Å². The number of aromatic nitrogens is 2. The van der Waals surface area contributed by atoms with Gasteiger partial charge in [-0.1, -0.05) is 35.3 Å². The number of amides is 1. The molecule has 4 nitrogen and oxygen atoms in total. The lowest BCUT2D eigenvalue weighted by Crippen LogP contribution is -2.27. The van der Waals surface area contributed by atoms with Crippen molar-refractivity contribution in [1.82, 2.24) is 15.1 Å². The molecule has 1 N–H and O–H groups in total. The maximum absolute atomic E-state index is 12.8. The average Bonchev–Trinajstić information content (AvgIpc) is 3.34. The van der Waals surface area contributed by atoms with Crippen LogP contribution in [0.4, 0.5) is 13.2 Å². The topological polar surface area (TPSA) is 46.9 Å². The molecular formula is C18H18Cl2F3N3O. The molecule has 1 aliphatic rings. The van der Waals surface area contributed by atoms with Crippen LogP contribution in [0.5, 0.6) is 0 Å². The second-order valence-corrected chi connectivity index (χ2v) is 7.43. The Morgan fingerprint density at radius 3 is 2.56 bits per heavy atom. The van der Waals surface area contributed by atoms with E-state index in [0.717, 1.165) is 12.0 Å². The van der Waals surface area contributed by atoms with Crippen LogP contribution < -0.4 is 5.32 Å². The number of carbonyl (C=O) groups is 1. The lowest BCUT2D eigenvalue weighted by Gasteiger charge is -2.07. The highest BCUT2D eigenvalue weighted by atomic mass is 35.5. The van der Waals surface area contributed by atoms with Crippen LogP contribution in [0.3, 0.4) is 0 Å². The second-order valence-electron chi connectivity index (χ2n) is 6.61. The van der Waals surface area contributed by atoms with Crippen molar-refractivity contribution in [3.05, 3.63) is 51.3 Å². The monoisotopic (exact) mass is 419 g/mol. The zero-order chi connectivity index (χ0) is 19.8. The molecular weight excluding hydrogens is 402 g/mol. The van der Waals surface area contributed by atoms with Crippen molar-refractivity contribution in [2.75, 3.05) is 6.54 Å². The van der Waals surface area contributed by atoms with Gasteiger partial charge >= 0.3 is 6.18 Å². The van der Waals surface area contributed by atoms with Crippen molar-refractivity contribution in [1.29, 1.82) is 0 Å². The van der Waals surface area contributed by atoms with Crippen LogP contribution in [-0.4, -0.2) is 22.2 Å². The highest BCUT2D eigenvalue weighted by Gasteiger charge is 2.43. The lowest BCUT2D eigenvalue weighted by molar-refractivity contribution is -0.141. The molecule has 1 amide bonds. The van der Waals surface area contributed by atoms with Gasteiger partial charge in [0.25, 0.3) is 0 Å². The first-order valence-electron chi connectivity index (χ1n) is 8.51. The maximum atomic E-state index is 12.8. The molecule has 0 aliphatic heterocycles. The average molecular weight is 420 g/mol. The van der Waals surface area contributed by atoms with Crippen molar-refractivity contribution in [2.24, 2.45) is 5.92 Å². The SMILES string of the molecule is Cc1c(Cl)c(C(F)(F)F)nn1CCCNC(=O)C1CC1c1ccc(Cl)cc1. The first kappa shape index (κ1) is 20.0. The molecule has 2 atom stereocenters. The Bertz CT molecular complexity index is 834. The number of aryl methyl sites for hydroxylation is 1. The van der Waals surface area contributed by atoms with Crippen molar-refractivity contribution in [3.63, 3.8) is 0 Å². The maximum Gasteiger partial charge on any atom is 0.436 e. The van der Waals surface area contributed by atoms with E-state index in [1.807, 2.05) is 12.1 Å². The Morgan fingerprint density at radius 2 is 1.96 bits per heavy atom. The minimum atomic E-state index is -4.58. The van der Waals surface area contributed by atoms with Gasteiger partial charge in [-0.05, 0) is 43.4 Å². The number of halogens is 5. The highest BCUT2D eigenvalue weighted by molar-refractivity contribution is 6.32. The van der Waals surface area contributed by atoms with Crippen molar-refractivity contribution < 1.29 is 18.0 Å². The van der Waals surface area contributed by atoms with Gasteiger partial charge in [0, 0.05) is 24.0 Å². The summed E-state index contributed by atoms with van der Waals surface area (Å²) < 4.78 is 39.6. The highest BCUT2D eigenvalue weighted by Crippen LogP contribution is 2.47. The number of alkyl halides is 3. The van der Waals surface area contributed by atoms with Crippen LogP contribution >= 0.6 is 23.2 Å². The number of hydrogen-bond acceptors (Lipinski definition) is 2. The number of nitrogens with zero attached hydrogens (tertiary/aromatic N) is 2. The summed E-state index contributed by atoms with van der Waals surface area (Å²) in [4.78, 5) is 12.2. The molecule has 1 saturated carbocycles. The predicted octanol–water partition coefficient (Wildman–Crippen LogP) is 4.83. The molecule has 1 aromatic heterocycles. The molecule has 1 fully saturated rings. The van der Waals surface area contributed by atoms with Gasteiger partial charge < -0.3 is 5.32 Å². The lowest BCUT2D eigenvalue weighted by atomic mass is 10.1. The fourth-order valence-corrected chi connectivity index (χ4v) is 3.43. The quantitative estimate of drug-likeness (QED) is 0.681. The van der Waals surface area contributed by atoms with E-state index in [4.69, 9.17) is 23.2 Å². The molecule has 0 radical (unpaired) electrons. The summed E-state index contributed by atoms with van der Waals surface area (Å²) in [6, 6.07) is 7.44. The second kappa shape index (κ2) is 7.72. The number of nitrogens with one attached hydrogen (secondary N) is 1. The summed E-state index contributed by atoms with van der Waals surface area (Å²) in [5.41, 5.74) is 0.274. The van der Waals surface area contributed by atoms with Crippen LogP contribution in [0, 0.1) is 12.8 Å². The minimum Gasteiger partial charge on any atom is -0.356 e. The number of benzene rings is 1. The molecule has 0 bridgehead atoms. The Morgan fingerprint density at radius 1 is 1.30 bits per heavy atom. The van der Waals surface area contributed by atoms with E-state index in [9.17, 15) is 18.0 Å². The van der Waals surface area contributed by atoms with Crippen LogP contribution in [0.25, 0.3) is 0 Å². The summed E-state index contributed by atoms with van der Waals surface area (Å²) >= 11 is 11.6. The van der Waals surface area contributed by atoms with Gasteiger partial charge in [-0.25, -0.2) is 0 Å². The number of carbonyl (C=O) groups excluding carboxylic acids is 1. The Hall–Kier alpha value is -1.73. The molecule has 0 saturated heterocycles. The van der Waals surface area contributed by atoms with E-state index in [1.54, 1.807) is 12.1 Å². The van der Waals surface area contributed by atoms with Gasteiger partial charge in [-0.15, -0.1) is 0 Å². The normalized spacial score (nSPS) is 19.2. The van der Waals surface area contributed by atoms with E-state index >= 15 is 0 Å². The van der Waals surface area contributed by atoms with Gasteiger partial charge in [-0.3, -0.25) is 9.48 Å². The van der Waals surface area contributed by atoms with Crippen LogP contribution in [0.1, 0.15) is 35.7 Å².